The zero-order chi connectivity index (χ0) is 23.0. The molecule has 1 aromatic carbocycles. The van der Waals surface area contributed by atoms with Crippen LogP contribution in [0.25, 0.3) is 0 Å². The second-order valence-corrected chi connectivity index (χ2v) is 8.59. The van der Waals surface area contributed by atoms with Crippen molar-refractivity contribution in [3.05, 3.63) is 52.3 Å². The molecule has 0 radical (unpaired) electrons. The first kappa shape index (κ1) is 25.0. The number of benzene rings is 1. The highest BCUT2D eigenvalue weighted by molar-refractivity contribution is 6.36. The molecule has 7 nitrogen and oxygen atoms in total. The monoisotopic (exact) mass is 468 g/mol. The van der Waals surface area contributed by atoms with Crippen LogP contribution in [0, 0.1) is 5.92 Å². The zero-order valence-corrected chi connectivity index (χ0v) is 19.9. The lowest BCUT2D eigenvalue weighted by Crippen LogP contribution is -2.46. The molecule has 0 aliphatic carbocycles. The molecule has 0 saturated heterocycles. The van der Waals surface area contributed by atoms with Crippen molar-refractivity contribution in [2.45, 2.75) is 20.4 Å². The number of hydrogen-bond acceptors (Lipinski definition) is 3. The summed E-state index contributed by atoms with van der Waals surface area (Å²) in [6.45, 7) is 5.63. The van der Waals surface area contributed by atoms with Gasteiger partial charge in [-0.05, 0) is 36.2 Å². The van der Waals surface area contributed by atoms with Gasteiger partial charge in [0.15, 0.2) is 0 Å². The number of ether oxygens (including phenoxy) is 1. The van der Waals surface area contributed by atoms with Crippen molar-refractivity contribution in [2.24, 2.45) is 13.0 Å². The average molecular weight is 469 g/mol. The average Bonchev–Trinajstić information content (AvgIpc) is 3.10. The van der Waals surface area contributed by atoms with Gasteiger partial charge in [-0.3, -0.25) is 4.79 Å². The third kappa shape index (κ3) is 7.76. The number of amides is 3. The maximum atomic E-state index is 13.1. The number of rotatable bonds is 10. The number of nitrogens with one attached hydrogen (secondary N) is 1. The van der Waals surface area contributed by atoms with Crippen molar-refractivity contribution < 1.29 is 14.3 Å². The Balaban J connectivity index is 2.14. The Bertz CT molecular complexity index is 885. The maximum Gasteiger partial charge on any atom is 0.322 e. The lowest BCUT2D eigenvalue weighted by molar-refractivity contribution is -0.133. The maximum absolute atomic E-state index is 13.1. The predicted octanol–water partition coefficient (Wildman–Crippen LogP) is 4.50. The van der Waals surface area contributed by atoms with E-state index < -0.39 is 6.03 Å². The first-order chi connectivity index (χ1) is 14.7. The molecule has 0 spiro atoms. The standard InChI is InChI=1S/C22H30Cl2N4O3/c1-16(2)13-28(22(30)25-20-8-7-17(23)12-19(20)24)15-21(29)27(10-11-31-4)14-18-6-5-9-26(18)3/h5-9,12,16H,10-11,13-15H2,1-4H3,(H,25,30). The molecule has 0 aliphatic heterocycles. The lowest BCUT2D eigenvalue weighted by Gasteiger charge is -2.29. The lowest BCUT2D eigenvalue weighted by atomic mass is 10.2. The second kappa shape index (κ2) is 12.0. The van der Waals surface area contributed by atoms with Crippen molar-refractivity contribution in [3.8, 4) is 0 Å². The summed E-state index contributed by atoms with van der Waals surface area (Å²) in [6.07, 6.45) is 1.93. The minimum Gasteiger partial charge on any atom is -0.383 e. The summed E-state index contributed by atoms with van der Waals surface area (Å²) in [4.78, 5) is 29.3. The summed E-state index contributed by atoms with van der Waals surface area (Å²) in [7, 11) is 3.53. The van der Waals surface area contributed by atoms with Gasteiger partial charge in [0.1, 0.15) is 6.54 Å². The van der Waals surface area contributed by atoms with Crippen LogP contribution < -0.4 is 5.32 Å². The van der Waals surface area contributed by atoms with Crippen LogP contribution >= 0.6 is 23.2 Å². The van der Waals surface area contributed by atoms with E-state index in [4.69, 9.17) is 27.9 Å². The highest BCUT2D eigenvalue weighted by Gasteiger charge is 2.23. The van der Waals surface area contributed by atoms with E-state index >= 15 is 0 Å². The van der Waals surface area contributed by atoms with E-state index in [2.05, 4.69) is 5.32 Å². The fraction of sp³-hybridized carbons (Fsp3) is 0.455. The highest BCUT2D eigenvalue weighted by Crippen LogP contribution is 2.25. The number of aromatic nitrogens is 1. The minimum atomic E-state index is -0.392. The van der Waals surface area contributed by atoms with Crippen LogP contribution in [0.5, 0.6) is 0 Å². The second-order valence-electron chi connectivity index (χ2n) is 7.75. The third-order valence-electron chi connectivity index (χ3n) is 4.69. The predicted molar refractivity (Wildman–Crippen MR) is 125 cm³/mol. The van der Waals surface area contributed by atoms with E-state index in [0.29, 0.717) is 42.0 Å². The Morgan fingerprint density at radius 1 is 1.19 bits per heavy atom. The molecule has 31 heavy (non-hydrogen) atoms. The molecule has 1 N–H and O–H groups in total. The van der Waals surface area contributed by atoms with Crippen LogP contribution in [0.15, 0.2) is 36.5 Å². The van der Waals surface area contributed by atoms with E-state index in [0.717, 1.165) is 5.69 Å². The molecule has 0 fully saturated rings. The number of hydrogen-bond donors (Lipinski definition) is 1. The molecule has 0 unspecified atom stereocenters. The number of anilines is 1. The summed E-state index contributed by atoms with van der Waals surface area (Å²) >= 11 is 12.1. The Kier molecular flexibility index (Phi) is 9.68. The van der Waals surface area contributed by atoms with E-state index in [1.165, 1.54) is 4.90 Å². The van der Waals surface area contributed by atoms with Crippen molar-refractivity contribution in [1.82, 2.24) is 14.4 Å². The largest absolute Gasteiger partial charge is 0.383 e. The van der Waals surface area contributed by atoms with E-state index in [1.807, 2.05) is 43.8 Å². The molecule has 170 valence electrons. The Morgan fingerprint density at radius 2 is 1.94 bits per heavy atom. The van der Waals surface area contributed by atoms with Gasteiger partial charge in [0.2, 0.25) is 5.91 Å². The zero-order valence-electron chi connectivity index (χ0n) is 18.4. The number of aryl methyl sites for hydroxylation is 1. The summed E-state index contributed by atoms with van der Waals surface area (Å²) < 4.78 is 7.14. The molecule has 9 heteroatoms. The number of methoxy groups -OCH3 is 1. The number of halogens is 2. The van der Waals surface area contributed by atoms with Gasteiger partial charge in [0.25, 0.3) is 0 Å². The minimum absolute atomic E-state index is 0.0522. The fourth-order valence-electron chi connectivity index (χ4n) is 3.06. The third-order valence-corrected chi connectivity index (χ3v) is 5.24. The fourth-order valence-corrected chi connectivity index (χ4v) is 3.51. The molecule has 2 rings (SSSR count). The number of nitrogens with zero attached hydrogens (tertiary/aromatic N) is 3. The summed E-state index contributed by atoms with van der Waals surface area (Å²) in [6, 6.07) is 8.35. The van der Waals surface area contributed by atoms with Crippen LogP contribution in [0.3, 0.4) is 0 Å². The van der Waals surface area contributed by atoms with Crippen molar-refractivity contribution in [1.29, 1.82) is 0 Å². The van der Waals surface area contributed by atoms with Crippen LogP contribution in [-0.4, -0.2) is 59.7 Å². The molecule has 0 aliphatic rings. The molecule has 0 atom stereocenters. The summed E-state index contributed by atoms with van der Waals surface area (Å²) in [5.41, 5.74) is 1.44. The summed E-state index contributed by atoms with van der Waals surface area (Å²) in [5, 5.41) is 3.60. The van der Waals surface area contributed by atoms with Gasteiger partial charge in [-0.1, -0.05) is 37.0 Å². The number of carbonyl (C=O) groups is 2. The molecular weight excluding hydrogens is 439 g/mol. The van der Waals surface area contributed by atoms with E-state index in [-0.39, 0.29) is 18.4 Å². The molecule has 0 saturated carbocycles. The topological polar surface area (TPSA) is 66.8 Å². The first-order valence-corrected chi connectivity index (χ1v) is 10.8. The first-order valence-electron chi connectivity index (χ1n) is 10.1. The van der Waals surface area contributed by atoms with Gasteiger partial charge in [-0.2, -0.15) is 0 Å². The highest BCUT2D eigenvalue weighted by atomic mass is 35.5. The number of urea groups is 1. The molecule has 2 aromatic rings. The Hall–Kier alpha value is -2.22. The van der Waals surface area contributed by atoms with Gasteiger partial charge in [0, 0.05) is 44.2 Å². The van der Waals surface area contributed by atoms with Crippen molar-refractivity contribution in [3.63, 3.8) is 0 Å². The SMILES string of the molecule is COCCN(Cc1cccn1C)C(=O)CN(CC(C)C)C(=O)Nc1ccc(Cl)cc1Cl. The van der Waals surface area contributed by atoms with Gasteiger partial charge in [0.05, 0.1) is 23.9 Å². The van der Waals surface area contributed by atoms with Gasteiger partial charge in [-0.15, -0.1) is 0 Å². The van der Waals surface area contributed by atoms with Gasteiger partial charge >= 0.3 is 6.03 Å². The molecule has 0 bridgehead atoms. The Morgan fingerprint density at radius 3 is 2.52 bits per heavy atom. The van der Waals surface area contributed by atoms with Crippen molar-refractivity contribution >= 4 is 40.8 Å². The number of carbonyl (C=O) groups excluding carboxylic acids is 2. The molecule has 1 heterocycles. The van der Waals surface area contributed by atoms with Crippen LogP contribution in [-0.2, 0) is 23.1 Å². The van der Waals surface area contributed by atoms with Crippen LogP contribution in [0.2, 0.25) is 10.0 Å². The smallest absolute Gasteiger partial charge is 0.322 e. The van der Waals surface area contributed by atoms with Crippen LogP contribution in [0.1, 0.15) is 19.5 Å². The Labute approximate surface area is 193 Å². The van der Waals surface area contributed by atoms with Crippen LogP contribution in [0.4, 0.5) is 10.5 Å². The normalized spacial score (nSPS) is 10.9. The molecule has 3 amide bonds. The van der Waals surface area contributed by atoms with Crippen molar-refractivity contribution in [2.75, 3.05) is 38.7 Å². The van der Waals surface area contributed by atoms with E-state index in [9.17, 15) is 9.59 Å². The van der Waals surface area contributed by atoms with Gasteiger partial charge in [-0.25, -0.2) is 4.79 Å². The quantitative estimate of drug-likeness (QED) is 0.558. The van der Waals surface area contributed by atoms with E-state index in [1.54, 1.807) is 30.2 Å². The van der Waals surface area contributed by atoms with Gasteiger partial charge < -0.3 is 24.4 Å². The molecule has 1 aromatic heterocycles. The summed E-state index contributed by atoms with van der Waals surface area (Å²) in [5.74, 6) is 0.0239. The molecular formula is C22H30Cl2N4O3.